The molecule has 0 radical (unpaired) electrons. The maximum absolute atomic E-state index is 12.5. The van der Waals surface area contributed by atoms with E-state index in [9.17, 15) is 9.59 Å². The second kappa shape index (κ2) is 6.84. The molecule has 4 rings (SSSR count). The van der Waals surface area contributed by atoms with Crippen molar-refractivity contribution < 1.29 is 14.3 Å². The molecule has 28 heavy (non-hydrogen) atoms. The van der Waals surface area contributed by atoms with Gasteiger partial charge in [0.25, 0.3) is 5.56 Å². The van der Waals surface area contributed by atoms with Gasteiger partial charge in [0, 0.05) is 30.0 Å². The maximum Gasteiger partial charge on any atom is 0.264 e. The van der Waals surface area contributed by atoms with Crippen LogP contribution < -0.4 is 20.3 Å². The number of hydrogen-bond donors (Lipinski definition) is 2. The summed E-state index contributed by atoms with van der Waals surface area (Å²) in [6.45, 7) is 1.88. The highest BCUT2D eigenvalue weighted by Crippen LogP contribution is 2.41. The first-order chi connectivity index (χ1) is 13.5. The van der Waals surface area contributed by atoms with Gasteiger partial charge in [-0.05, 0) is 30.7 Å². The predicted molar refractivity (Wildman–Crippen MR) is 101 cm³/mol. The number of fused-ring (bicyclic) bond motifs is 1. The smallest absolute Gasteiger partial charge is 0.264 e. The van der Waals surface area contributed by atoms with Crippen LogP contribution in [0.15, 0.2) is 35.1 Å². The number of rotatable bonds is 4. The fourth-order valence-electron chi connectivity index (χ4n) is 3.48. The highest BCUT2D eigenvalue weighted by atomic mass is 16.5. The number of amides is 1. The molecule has 0 fully saturated rings. The van der Waals surface area contributed by atoms with Crippen LogP contribution in [0.3, 0.4) is 0 Å². The molecule has 1 atom stereocenters. The van der Waals surface area contributed by atoms with E-state index in [0.29, 0.717) is 23.1 Å². The van der Waals surface area contributed by atoms with Crippen LogP contribution >= 0.6 is 0 Å². The highest BCUT2D eigenvalue weighted by Gasteiger charge is 2.33. The van der Waals surface area contributed by atoms with Gasteiger partial charge in [-0.2, -0.15) is 14.9 Å². The zero-order chi connectivity index (χ0) is 19.8. The molecule has 9 heteroatoms. The number of benzene rings is 1. The zero-order valence-corrected chi connectivity index (χ0v) is 15.6. The third-order valence-electron chi connectivity index (χ3n) is 4.76. The number of nitrogens with one attached hydrogen (secondary N) is 2. The molecule has 1 amide bonds. The maximum atomic E-state index is 12.5. The minimum atomic E-state index is -0.313. The molecule has 0 saturated heterocycles. The first-order valence-electron chi connectivity index (χ1n) is 8.68. The van der Waals surface area contributed by atoms with E-state index in [2.05, 4.69) is 20.6 Å². The number of anilines is 1. The Bertz CT molecular complexity index is 1080. The molecule has 0 bridgehead atoms. The number of hydrogen-bond acceptors (Lipinski definition) is 6. The number of methoxy groups -OCH3 is 2. The molecule has 2 aromatic heterocycles. The molecule has 2 N–H and O–H groups in total. The summed E-state index contributed by atoms with van der Waals surface area (Å²) in [4.78, 5) is 23.8. The van der Waals surface area contributed by atoms with Crippen molar-refractivity contribution in [2.24, 2.45) is 0 Å². The number of aromatic nitrogens is 4. The Morgan fingerprint density at radius 1 is 1.11 bits per heavy atom. The molecule has 3 aromatic rings. The van der Waals surface area contributed by atoms with Crippen molar-refractivity contribution in [3.05, 3.63) is 57.5 Å². The molecule has 3 heterocycles. The quantitative estimate of drug-likeness (QED) is 0.712. The SMILES string of the molecule is COc1cc(OC)cc(C2CC(=O)Nc3c2c(C)nn3-c2ccc(=O)[nH]n2)c1. The Kier molecular flexibility index (Phi) is 4.34. The van der Waals surface area contributed by atoms with Crippen molar-refractivity contribution in [3.8, 4) is 17.3 Å². The Labute approximate surface area is 160 Å². The van der Waals surface area contributed by atoms with Gasteiger partial charge in [0.2, 0.25) is 5.91 Å². The van der Waals surface area contributed by atoms with Crippen LogP contribution in [-0.2, 0) is 4.79 Å². The van der Waals surface area contributed by atoms with Crippen LogP contribution in [0.25, 0.3) is 5.82 Å². The normalized spacial score (nSPS) is 15.7. The number of H-pyrrole nitrogens is 1. The van der Waals surface area contributed by atoms with Crippen molar-refractivity contribution >= 4 is 11.7 Å². The number of nitrogens with zero attached hydrogens (tertiary/aromatic N) is 3. The van der Waals surface area contributed by atoms with Gasteiger partial charge in [-0.1, -0.05) is 0 Å². The summed E-state index contributed by atoms with van der Waals surface area (Å²) in [5.41, 5.74) is 2.23. The van der Waals surface area contributed by atoms with E-state index in [0.717, 1.165) is 16.8 Å². The predicted octanol–water partition coefficient (Wildman–Crippen LogP) is 1.76. The fraction of sp³-hybridized carbons (Fsp3) is 0.263. The standard InChI is InChI=1S/C19H19N5O4/c1-10-18-14(11-6-12(27-2)8-13(7-11)28-3)9-17(26)20-19(18)24(23-10)15-4-5-16(25)22-21-15/h4-8,14H,9H2,1-3H3,(H,20,26)(H,22,25). The summed E-state index contributed by atoms with van der Waals surface area (Å²) >= 11 is 0. The molecule has 0 spiro atoms. The largest absolute Gasteiger partial charge is 0.497 e. The van der Waals surface area contributed by atoms with Gasteiger partial charge in [0.05, 0.1) is 19.9 Å². The van der Waals surface area contributed by atoms with Crippen LogP contribution in [0.5, 0.6) is 11.5 Å². The van der Waals surface area contributed by atoms with E-state index in [4.69, 9.17) is 9.47 Å². The molecular weight excluding hydrogens is 362 g/mol. The van der Waals surface area contributed by atoms with Crippen LogP contribution in [-0.4, -0.2) is 40.1 Å². The lowest BCUT2D eigenvalue weighted by molar-refractivity contribution is -0.116. The minimum Gasteiger partial charge on any atom is -0.497 e. The van der Waals surface area contributed by atoms with Crippen LogP contribution in [0.1, 0.15) is 29.2 Å². The van der Waals surface area contributed by atoms with Crippen molar-refractivity contribution in [2.75, 3.05) is 19.5 Å². The fourth-order valence-corrected chi connectivity index (χ4v) is 3.48. The molecule has 1 aliphatic heterocycles. The molecule has 9 nitrogen and oxygen atoms in total. The number of carbonyl (C=O) groups is 1. The molecule has 0 aliphatic carbocycles. The molecular formula is C19H19N5O4. The van der Waals surface area contributed by atoms with E-state index in [1.54, 1.807) is 26.4 Å². The summed E-state index contributed by atoms with van der Waals surface area (Å²) in [7, 11) is 3.17. The highest BCUT2D eigenvalue weighted by molar-refractivity contribution is 5.95. The van der Waals surface area contributed by atoms with Gasteiger partial charge < -0.3 is 14.8 Å². The van der Waals surface area contributed by atoms with Gasteiger partial charge in [0.1, 0.15) is 17.3 Å². The van der Waals surface area contributed by atoms with Gasteiger partial charge in [-0.3, -0.25) is 9.59 Å². The summed E-state index contributed by atoms with van der Waals surface area (Å²) in [6.07, 6.45) is 0.273. The lowest BCUT2D eigenvalue weighted by Gasteiger charge is -2.25. The summed E-state index contributed by atoms with van der Waals surface area (Å²) in [5, 5.41) is 13.8. The van der Waals surface area contributed by atoms with Crippen molar-refractivity contribution in [1.29, 1.82) is 0 Å². The number of carbonyl (C=O) groups excluding carboxylic acids is 1. The monoisotopic (exact) mass is 381 g/mol. The molecule has 1 aromatic carbocycles. The second-order valence-electron chi connectivity index (χ2n) is 6.49. The van der Waals surface area contributed by atoms with Crippen molar-refractivity contribution in [3.63, 3.8) is 0 Å². The van der Waals surface area contributed by atoms with Crippen LogP contribution in [0, 0.1) is 6.92 Å². The van der Waals surface area contributed by atoms with Crippen molar-refractivity contribution in [1.82, 2.24) is 20.0 Å². The van der Waals surface area contributed by atoms with E-state index in [1.165, 1.54) is 10.7 Å². The van der Waals surface area contributed by atoms with Crippen LogP contribution in [0.2, 0.25) is 0 Å². The topological polar surface area (TPSA) is 111 Å². The molecule has 0 saturated carbocycles. The second-order valence-corrected chi connectivity index (χ2v) is 6.49. The number of ether oxygens (including phenoxy) is 2. The number of aryl methyl sites for hydroxylation is 1. The lowest BCUT2D eigenvalue weighted by Crippen LogP contribution is -2.25. The Hall–Kier alpha value is -3.62. The Balaban J connectivity index is 1.87. The Morgan fingerprint density at radius 2 is 1.82 bits per heavy atom. The van der Waals surface area contributed by atoms with Crippen molar-refractivity contribution in [2.45, 2.75) is 19.3 Å². The Morgan fingerprint density at radius 3 is 2.43 bits per heavy atom. The lowest BCUT2D eigenvalue weighted by atomic mass is 9.85. The van der Waals surface area contributed by atoms with Gasteiger partial charge in [-0.25, -0.2) is 5.10 Å². The molecule has 144 valence electrons. The van der Waals surface area contributed by atoms with Gasteiger partial charge >= 0.3 is 0 Å². The van der Waals surface area contributed by atoms with E-state index in [-0.39, 0.29) is 23.8 Å². The average Bonchev–Trinajstić information content (AvgIpc) is 3.03. The third-order valence-corrected chi connectivity index (χ3v) is 4.76. The summed E-state index contributed by atoms with van der Waals surface area (Å²) in [6, 6.07) is 8.49. The van der Waals surface area contributed by atoms with E-state index >= 15 is 0 Å². The molecule has 1 aliphatic rings. The minimum absolute atomic E-state index is 0.134. The van der Waals surface area contributed by atoms with Crippen LogP contribution in [0.4, 0.5) is 5.82 Å². The zero-order valence-electron chi connectivity index (χ0n) is 15.6. The van der Waals surface area contributed by atoms with Gasteiger partial charge in [-0.15, -0.1) is 0 Å². The summed E-state index contributed by atoms with van der Waals surface area (Å²) < 4.78 is 12.3. The molecule has 1 unspecified atom stereocenters. The average molecular weight is 381 g/mol. The van der Waals surface area contributed by atoms with Gasteiger partial charge in [0.15, 0.2) is 5.82 Å². The van der Waals surface area contributed by atoms with E-state index in [1.807, 2.05) is 19.1 Å². The van der Waals surface area contributed by atoms with E-state index < -0.39 is 0 Å². The first-order valence-corrected chi connectivity index (χ1v) is 8.68. The first kappa shape index (κ1) is 17.8. The summed E-state index contributed by atoms with van der Waals surface area (Å²) in [5.74, 6) is 1.89. The third kappa shape index (κ3) is 3.00. The number of aromatic amines is 1.